The molecule has 4 rings (SSSR count). The van der Waals surface area contributed by atoms with E-state index in [4.69, 9.17) is 14.2 Å². The first-order valence-corrected chi connectivity index (χ1v) is 11.7. The third-order valence-electron chi connectivity index (χ3n) is 5.68. The lowest BCUT2D eigenvalue weighted by molar-refractivity contribution is 0.170. The van der Waals surface area contributed by atoms with Crippen molar-refractivity contribution in [2.75, 3.05) is 40.0 Å². The maximum absolute atomic E-state index is 12.7. The highest BCUT2D eigenvalue weighted by Gasteiger charge is 2.27. The Morgan fingerprint density at radius 1 is 1.13 bits per heavy atom. The summed E-state index contributed by atoms with van der Waals surface area (Å²) in [7, 11) is -1.99. The molecule has 0 saturated carbocycles. The molecule has 2 aliphatic rings. The maximum Gasteiger partial charge on any atom is 0.240 e. The van der Waals surface area contributed by atoms with Gasteiger partial charge in [-0.2, -0.15) is 0 Å². The van der Waals surface area contributed by atoms with Crippen LogP contribution in [0.1, 0.15) is 30.0 Å². The van der Waals surface area contributed by atoms with Crippen molar-refractivity contribution in [1.29, 1.82) is 0 Å². The lowest BCUT2D eigenvalue weighted by Crippen LogP contribution is -2.34. The van der Waals surface area contributed by atoms with Crippen molar-refractivity contribution in [1.82, 2.24) is 9.62 Å². The number of benzene rings is 2. The average Bonchev–Trinajstić information content (AvgIpc) is 3.21. The van der Waals surface area contributed by atoms with Gasteiger partial charge in [0.1, 0.15) is 19.0 Å². The molecular weight excluding hydrogens is 404 g/mol. The van der Waals surface area contributed by atoms with Crippen LogP contribution in [0.3, 0.4) is 0 Å². The van der Waals surface area contributed by atoms with Crippen LogP contribution in [0.5, 0.6) is 17.2 Å². The van der Waals surface area contributed by atoms with E-state index in [2.05, 4.69) is 21.8 Å². The van der Waals surface area contributed by atoms with E-state index < -0.39 is 10.0 Å². The molecule has 2 aliphatic heterocycles. The van der Waals surface area contributed by atoms with E-state index in [1.165, 1.54) is 5.56 Å². The standard InChI is InChI=1S/C22H28N2O5S/c1-16-14-18(6-8-20(16)27-2)30(25,26)23-9-11-24-10-3-4-19(24)17-5-7-21-22(15-17)29-13-12-28-21/h5-8,14-15,19,23H,3-4,9-13H2,1-2H3. The van der Waals surface area contributed by atoms with E-state index in [9.17, 15) is 8.42 Å². The predicted octanol–water partition coefficient (Wildman–Crippen LogP) is 2.89. The molecule has 0 bridgehead atoms. The number of ether oxygens (including phenoxy) is 3. The van der Waals surface area contributed by atoms with Gasteiger partial charge in [0.25, 0.3) is 0 Å². The number of fused-ring (bicyclic) bond motifs is 1. The topological polar surface area (TPSA) is 77.1 Å². The van der Waals surface area contributed by atoms with Crippen LogP contribution in [0.25, 0.3) is 0 Å². The number of methoxy groups -OCH3 is 1. The predicted molar refractivity (Wildman–Crippen MR) is 114 cm³/mol. The van der Waals surface area contributed by atoms with E-state index in [-0.39, 0.29) is 10.9 Å². The molecule has 7 nitrogen and oxygen atoms in total. The third-order valence-corrected chi connectivity index (χ3v) is 7.14. The Bertz CT molecular complexity index is 1010. The van der Waals surface area contributed by atoms with Crippen LogP contribution in [0, 0.1) is 6.92 Å². The molecule has 1 N–H and O–H groups in total. The van der Waals surface area contributed by atoms with Crippen LogP contribution in [0.2, 0.25) is 0 Å². The van der Waals surface area contributed by atoms with Crippen molar-refractivity contribution in [3.63, 3.8) is 0 Å². The summed E-state index contributed by atoms with van der Waals surface area (Å²) in [5, 5.41) is 0. The fourth-order valence-electron chi connectivity index (χ4n) is 4.16. The molecule has 1 fully saturated rings. The third kappa shape index (κ3) is 4.40. The highest BCUT2D eigenvalue weighted by atomic mass is 32.2. The molecule has 30 heavy (non-hydrogen) atoms. The second-order valence-electron chi connectivity index (χ2n) is 7.63. The molecule has 0 aromatic heterocycles. The van der Waals surface area contributed by atoms with Crippen LogP contribution in [0.15, 0.2) is 41.3 Å². The van der Waals surface area contributed by atoms with Crippen molar-refractivity contribution in [3.05, 3.63) is 47.5 Å². The van der Waals surface area contributed by atoms with Gasteiger partial charge >= 0.3 is 0 Å². The smallest absolute Gasteiger partial charge is 0.240 e. The second-order valence-corrected chi connectivity index (χ2v) is 9.39. The average molecular weight is 433 g/mol. The first kappa shape index (κ1) is 21.0. The van der Waals surface area contributed by atoms with Gasteiger partial charge < -0.3 is 14.2 Å². The van der Waals surface area contributed by atoms with Crippen LogP contribution < -0.4 is 18.9 Å². The number of aryl methyl sites for hydroxylation is 1. The summed E-state index contributed by atoms with van der Waals surface area (Å²) >= 11 is 0. The monoisotopic (exact) mass is 432 g/mol. The fourth-order valence-corrected chi connectivity index (χ4v) is 5.27. The molecular formula is C22H28N2O5S. The van der Waals surface area contributed by atoms with Crippen molar-refractivity contribution in [2.45, 2.75) is 30.7 Å². The van der Waals surface area contributed by atoms with Crippen LogP contribution >= 0.6 is 0 Å². The number of sulfonamides is 1. The van der Waals surface area contributed by atoms with Gasteiger partial charge in [0.05, 0.1) is 12.0 Å². The number of nitrogens with zero attached hydrogens (tertiary/aromatic N) is 1. The molecule has 0 radical (unpaired) electrons. The Hall–Kier alpha value is -2.29. The Morgan fingerprint density at radius 2 is 1.93 bits per heavy atom. The summed E-state index contributed by atoms with van der Waals surface area (Å²) in [6, 6.07) is 11.3. The van der Waals surface area contributed by atoms with Gasteiger partial charge in [-0.3, -0.25) is 4.90 Å². The van der Waals surface area contributed by atoms with Gasteiger partial charge in [-0.25, -0.2) is 13.1 Å². The zero-order chi connectivity index (χ0) is 21.1. The van der Waals surface area contributed by atoms with Crippen LogP contribution in [0.4, 0.5) is 0 Å². The lowest BCUT2D eigenvalue weighted by Gasteiger charge is -2.26. The first-order valence-electron chi connectivity index (χ1n) is 10.3. The first-order chi connectivity index (χ1) is 14.5. The molecule has 2 aromatic carbocycles. The summed E-state index contributed by atoms with van der Waals surface area (Å²) in [6.07, 6.45) is 2.13. The normalized spacial score (nSPS) is 19.1. The zero-order valence-corrected chi connectivity index (χ0v) is 18.2. The minimum Gasteiger partial charge on any atom is -0.496 e. The van der Waals surface area contributed by atoms with Gasteiger partial charge in [-0.1, -0.05) is 6.07 Å². The highest BCUT2D eigenvalue weighted by Crippen LogP contribution is 2.37. The molecule has 162 valence electrons. The molecule has 8 heteroatoms. The van der Waals surface area contributed by atoms with E-state index in [1.807, 2.05) is 13.0 Å². The van der Waals surface area contributed by atoms with E-state index >= 15 is 0 Å². The van der Waals surface area contributed by atoms with E-state index in [0.29, 0.717) is 32.1 Å². The molecule has 1 saturated heterocycles. The summed E-state index contributed by atoms with van der Waals surface area (Å²) < 4.78 is 44.6. The molecule has 1 unspecified atom stereocenters. The van der Waals surface area contributed by atoms with E-state index in [0.717, 1.165) is 36.4 Å². The van der Waals surface area contributed by atoms with Gasteiger partial charge in [-0.15, -0.1) is 0 Å². The second kappa shape index (κ2) is 8.83. The quantitative estimate of drug-likeness (QED) is 0.725. The fraction of sp³-hybridized carbons (Fsp3) is 0.455. The molecule has 2 heterocycles. The van der Waals surface area contributed by atoms with Gasteiger partial charge in [0.15, 0.2) is 11.5 Å². The van der Waals surface area contributed by atoms with Crippen LogP contribution in [-0.2, 0) is 10.0 Å². The van der Waals surface area contributed by atoms with Gasteiger partial charge in [-0.05, 0) is 67.8 Å². The Morgan fingerprint density at radius 3 is 2.70 bits per heavy atom. The highest BCUT2D eigenvalue weighted by molar-refractivity contribution is 7.89. The number of hydrogen-bond donors (Lipinski definition) is 1. The Balaban J connectivity index is 1.39. The van der Waals surface area contributed by atoms with Crippen LogP contribution in [-0.4, -0.2) is 53.3 Å². The van der Waals surface area contributed by atoms with Crippen molar-refractivity contribution in [3.8, 4) is 17.2 Å². The number of hydrogen-bond acceptors (Lipinski definition) is 6. The number of nitrogens with one attached hydrogen (secondary N) is 1. The van der Waals surface area contributed by atoms with E-state index in [1.54, 1.807) is 25.3 Å². The van der Waals surface area contributed by atoms with Crippen molar-refractivity contribution >= 4 is 10.0 Å². The number of likely N-dealkylation sites (tertiary alicyclic amines) is 1. The summed E-state index contributed by atoms with van der Waals surface area (Å²) in [5.41, 5.74) is 1.98. The lowest BCUT2D eigenvalue weighted by atomic mass is 10.0. The minimum absolute atomic E-state index is 0.255. The molecule has 0 aliphatic carbocycles. The van der Waals surface area contributed by atoms with Gasteiger partial charge in [0.2, 0.25) is 10.0 Å². The van der Waals surface area contributed by atoms with Crippen molar-refractivity contribution < 1.29 is 22.6 Å². The number of rotatable bonds is 7. The summed E-state index contributed by atoms with van der Waals surface area (Å²) in [5.74, 6) is 2.26. The Kier molecular flexibility index (Phi) is 6.17. The maximum atomic E-state index is 12.7. The molecule has 1 atom stereocenters. The van der Waals surface area contributed by atoms with Gasteiger partial charge in [0, 0.05) is 19.1 Å². The molecule has 0 spiro atoms. The summed E-state index contributed by atoms with van der Waals surface area (Å²) in [6.45, 7) is 4.93. The largest absolute Gasteiger partial charge is 0.496 e. The minimum atomic E-state index is -3.56. The SMILES string of the molecule is COc1ccc(S(=O)(=O)NCCN2CCCC2c2ccc3c(c2)OCCO3)cc1C. The van der Waals surface area contributed by atoms with Crippen molar-refractivity contribution in [2.24, 2.45) is 0 Å². The summed E-state index contributed by atoms with van der Waals surface area (Å²) in [4.78, 5) is 2.58. The zero-order valence-electron chi connectivity index (χ0n) is 17.4. The molecule has 2 aromatic rings. The molecule has 0 amide bonds. The Labute approximate surface area is 178 Å².